The number of ether oxygens (including phenoxy) is 1. The molecule has 0 heterocycles. The second-order valence-electron chi connectivity index (χ2n) is 3.54. The van der Waals surface area contributed by atoms with Gasteiger partial charge in [0, 0.05) is 13.2 Å². The van der Waals surface area contributed by atoms with E-state index in [4.69, 9.17) is 19.5 Å². The molecule has 0 unspecified atom stereocenters. The van der Waals surface area contributed by atoms with Crippen molar-refractivity contribution in [3.05, 3.63) is 92.1 Å². The minimum atomic E-state index is -4.21. The van der Waals surface area contributed by atoms with Gasteiger partial charge < -0.3 is 14.9 Å². The summed E-state index contributed by atoms with van der Waals surface area (Å²) in [4.78, 5) is 0. The maximum absolute atomic E-state index is 10.00. The zero-order valence-electron chi connectivity index (χ0n) is 22.6. The van der Waals surface area contributed by atoms with E-state index >= 15 is 0 Å². The summed E-state index contributed by atoms with van der Waals surface area (Å²) in [6.45, 7) is 49.6. The van der Waals surface area contributed by atoms with Crippen LogP contribution in [0.5, 0.6) is 0 Å². The van der Waals surface area contributed by atoms with Gasteiger partial charge in [-0.05, 0) is 20.3 Å². The smallest absolute Gasteiger partial charge is 0.394 e. The molecule has 210 valence electrons. The number of rotatable bonds is 9. The minimum Gasteiger partial charge on any atom is -0.394 e. The fourth-order valence-electron chi connectivity index (χ4n) is 0.897. The second-order valence-corrected chi connectivity index (χ2v) is 4.63. The third-order valence-corrected chi connectivity index (χ3v) is 2.20. The summed E-state index contributed by atoms with van der Waals surface area (Å²) in [5, 5.41) is 15.2. The van der Waals surface area contributed by atoms with Crippen LogP contribution in [0.15, 0.2) is 92.1 Å². The predicted molar refractivity (Wildman–Crippen MR) is 157 cm³/mol. The van der Waals surface area contributed by atoms with Crippen LogP contribution in [0.3, 0.4) is 0 Å². The van der Waals surface area contributed by atoms with Crippen LogP contribution in [0.4, 0.5) is 0 Å². The topological polar surface area (TPSA) is 113 Å². The maximum Gasteiger partial charge on any atom is 0.397 e. The van der Waals surface area contributed by atoms with Gasteiger partial charge in [-0.3, -0.25) is 4.55 Å². The number of aliphatic hydroxyl groups is 2. The minimum absolute atomic E-state index is 0.0822. The molecule has 0 aromatic carbocycles. The van der Waals surface area contributed by atoms with Gasteiger partial charge in [0.05, 0.1) is 19.8 Å². The van der Waals surface area contributed by atoms with Gasteiger partial charge in [-0.15, -0.1) is 92.1 Å². The Morgan fingerprint density at radius 3 is 1.03 bits per heavy atom. The highest BCUT2D eigenvalue weighted by Crippen LogP contribution is 1.99. The Morgan fingerprint density at radius 1 is 0.588 bits per heavy atom. The van der Waals surface area contributed by atoms with Crippen molar-refractivity contribution in [1.82, 2.24) is 0 Å². The molecule has 0 saturated carbocycles. The van der Waals surface area contributed by atoms with E-state index in [0.29, 0.717) is 6.42 Å². The number of aliphatic hydroxyl groups excluding tert-OH is 2. The summed E-state index contributed by atoms with van der Waals surface area (Å²) in [6, 6.07) is 0. The highest BCUT2D eigenvalue weighted by molar-refractivity contribution is 7.80. The van der Waals surface area contributed by atoms with Crippen molar-refractivity contribution >= 4 is 10.4 Å². The molecule has 7 nitrogen and oxygen atoms in total. The first-order valence-corrected chi connectivity index (χ1v) is 11.7. The van der Waals surface area contributed by atoms with Gasteiger partial charge in [-0.2, -0.15) is 8.42 Å². The first kappa shape index (κ1) is 63.5. The van der Waals surface area contributed by atoms with Crippen LogP contribution in [0.25, 0.3) is 0 Å². The molecule has 3 N–H and O–H groups in total. The van der Waals surface area contributed by atoms with E-state index in [1.807, 2.05) is 13.8 Å². The Kier molecular flexibility index (Phi) is 232. The van der Waals surface area contributed by atoms with Gasteiger partial charge in [0.25, 0.3) is 0 Å². The molecule has 0 aromatic rings. The SMILES string of the molecule is C=C.C=C.C=C.C=C.C=C.C=C.C=C.CCCCCCOS(=O)(=O)O.CCOCC.OCCO. The molecule has 0 aliphatic heterocycles. The van der Waals surface area contributed by atoms with Crippen molar-refractivity contribution in [3.8, 4) is 0 Å². The Labute approximate surface area is 214 Å². The van der Waals surface area contributed by atoms with Gasteiger partial charge in [0.2, 0.25) is 0 Å². The molecule has 34 heavy (non-hydrogen) atoms. The van der Waals surface area contributed by atoms with Crippen molar-refractivity contribution < 1.29 is 32.1 Å². The summed E-state index contributed by atoms with van der Waals surface area (Å²) in [6.07, 6.45) is 3.76. The molecule has 0 aliphatic carbocycles. The lowest BCUT2D eigenvalue weighted by molar-refractivity contribution is 0.162. The molecular formula is C26H58O7S. The molecule has 0 amide bonds. The third-order valence-electron chi connectivity index (χ3n) is 1.74. The molecule has 0 spiro atoms. The molecule has 0 aromatic heterocycles. The average molecular weight is 515 g/mol. The summed E-state index contributed by atoms with van der Waals surface area (Å²) >= 11 is 0. The Hall–Kier alpha value is -2.07. The van der Waals surface area contributed by atoms with Crippen molar-refractivity contribution in [2.45, 2.75) is 46.5 Å². The van der Waals surface area contributed by atoms with Crippen molar-refractivity contribution in [3.63, 3.8) is 0 Å². The first-order valence-electron chi connectivity index (χ1n) is 10.3. The molecule has 0 fully saturated rings. The molecule has 0 radical (unpaired) electrons. The highest BCUT2D eigenvalue weighted by Gasteiger charge is 2.01. The van der Waals surface area contributed by atoms with Crippen LogP contribution in [0.1, 0.15) is 46.5 Å². The van der Waals surface area contributed by atoms with Gasteiger partial charge in [-0.1, -0.05) is 26.2 Å². The standard InChI is InChI=1S/C6H14O4S.C4H10O.C2H6O2.7C2H4/c1-2-3-4-5-6-10-11(7,8)9;1-3-5-4-2;3-1-2-4;7*1-2/h2-6H2,1H3,(H,7,8,9);3-4H2,1-2H3;3-4H,1-2H2;7*1-2H2. The van der Waals surface area contributed by atoms with Crippen LogP contribution in [-0.2, 0) is 19.3 Å². The van der Waals surface area contributed by atoms with Crippen LogP contribution >= 0.6 is 0 Å². The molecule has 0 bridgehead atoms. The zero-order valence-corrected chi connectivity index (χ0v) is 23.5. The van der Waals surface area contributed by atoms with Crippen LogP contribution in [0.2, 0.25) is 0 Å². The number of unbranched alkanes of at least 4 members (excludes halogenated alkanes) is 3. The molecule has 0 aliphatic rings. The van der Waals surface area contributed by atoms with E-state index in [-0.39, 0.29) is 19.8 Å². The van der Waals surface area contributed by atoms with Crippen molar-refractivity contribution in [1.29, 1.82) is 0 Å². The molecule has 0 atom stereocenters. The lowest BCUT2D eigenvalue weighted by Gasteiger charge is -1.98. The van der Waals surface area contributed by atoms with E-state index in [0.717, 1.165) is 32.5 Å². The van der Waals surface area contributed by atoms with E-state index in [9.17, 15) is 8.42 Å². The first-order chi connectivity index (χ1) is 16.4. The fourth-order valence-corrected chi connectivity index (χ4v) is 1.23. The predicted octanol–water partition coefficient (Wildman–Crippen LogP) is 7.02. The van der Waals surface area contributed by atoms with E-state index in [1.54, 1.807) is 0 Å². The van der Waals surface area contributed by atoms with Gasteiger partial charge in [0.15, 0.2) is 0 Å². The summed E-state index contributed by atoms with van der Waals surface area (Å²) < 4.78 is 37.1. The fraction of sp³-hybridized carbons (Fsp3) is 0.462. The van der Waals surface area contributed by atoms with Crippen molar-refractivity contribution in [2.75, 3.05) is 33.0 Å². The molecule has 0 saturated heterocycles. The normalized spacial score (nSPS) is 6.76. The van der Waals surface area contributed by atoms with Gasteiger partial charge in [0.1, 0.15) is 0 Å². The molecule has 0 rings (SSSR count). The van der Waals surface area contributed by atoms with E-state index in [2.05, 4.69) is 103 Å². The monoisotopic (exact) mass is 514 g/mol. The highest BCUT2D eigenvalue weighted by atomic mass is 32.3. The second kappa shape index (κ2) is 124. The van der Waals surface area contributed by atoms with E-state index in [1.165, 1.54) is 0 Å². The zero-order chi connectivity index (χ0) is 30.3. The lowest BCUT2D eigenvalue weighted by Crippen LogP contribution is -2.04. The summed E-state index contributed by atoms with van der Waals surface area (Å²) in [7, 11) is -4.21. The summed E-state index contributed by atoms with van der Waals surface area (Å²) in [5.74, 6) is 0. The van der Waals surface area contributed by atoms with E-state index < -0.39 is 10.4 Å². The number of hydrogen-bond donors (Lipinski definition) is 3. The van der Waals surface area contributed by atoms with Gasteiger partial charge in [-0.25, -0.2) is 4.18 Å². The summed E-state index contributed by atoms with van der Waals surface area (Å²) in [5.41, 5.74) is 0. The van der Waals surface area contributed by atoms with Crippen LogP contribution < -0.4 is 0 Å². The molecule has 8 heteroatoms. The average Bonchev–Trinajstić information content (AvgIpc) is 2.92. The van der Waals surface area contributed by atoms with Crippen molar-refractivity contribution in [2.24, 2.45) is 0 Å². The third kappa shape index (κ3) is 314. The number of hydrogen-bond acceptors (Lipinski definition) is 6. The quantitative estimate of drug-likeness (QED) is 0.172. The molecular weight excluding hydrogens is 456 g/mol. The van der Waals surface area contributed by atoms with Crippen LogP contribution in [0, 0.1) is 0 Å². The van der Waals surface area contributed by atoms with Crippen LogP contribution in [-0.4, -0.2) is 56.2 Å². The largest absolute Gasteiger partial charge is 0.397 e. The Bertz CT molecular complexity index is 314. The maximum atomic E-state index is 10.00. The van der Waals surface area contributed by atoms with Gasteiger partial charge >= 0.3 is 10.4 Å². The Balaban J connectivity index is -0.0000000267. The Morgan fingerprint density at radius 2 is 0.882 bits per heavy atom. The lowest BCUT2D eigenvalue weighted by atomic mass is 10.2.